The molecule has 9 heteroatoms. The molecule has 4 aliphatic heterocycles. The molecule has 3 amide bonds. The fourth-order valence-electron chi connectivity index (χ4n) is 7.57. The number of carbonyl (C=O) groups excluding carboxylic acids is 3. The van der Waals surface area contributed by atoms with Gasteiger partial charge in [-0.3, -0.25) is 14.4 Å². The molecule has 4 heterocycles. The van der Waals surface area contributed by atoms with E-state index in [1.165, 1.54) is 4.90 Å². The highest BCUT2D eigenvalue weighted by atomic mass is 16.5. The van der Waals surface area contributed by atoms with Crippen molar-refractivity contribution in [3.8, 4) is 5.75 Å². The summed E-state index contributed by atoms with van der Waals surface area (Å²) in [4.78, 5) is 48.1. The molecule has 1 unspecified atom stereocenters. The average Bonchev–Trinajstić information content (AvgIpc) is 3.28. The number of aliphatic hydroxyl groups excluding tert-OH is 1. The Morgan fingerprint density at radius 2 is 1.52 bits per heavy atom. The van der Waals surface area contributed by atoms with Gasteiger partial charge in [0.1, 0.15) is 17.4 Å². The summed E-state index contributed by atoms with van der Waals surface area (Å²) in [6.07, 6.45) is 7.43. The minimum Gasteiger partial charge on any atom is -0.494 e. The fraction of sp³-hybridized carbons (Fsp3) is 0.343. The Labute approximate surface area is 255 Å². The molecule has 2 saturated heterocycles. The highest BCUT2D eigenvalue weighted by Gasteiger charge is 2.74. The summed E-state index contributed by atoms with van der Waals surface area (Å²) in [5.41, 5.74) is -1.15. The van der Waals surface area contributed by atoms with Crippen LogP contribution in [0.5, 0.6) is 5.75 Å². The molecule has 1 spiro atoms. The van der Waals surface area contributed by atoms with Gasteiger partial charge in [0.15, 0.2) is 0 Å². The first-order valence-corrected chi connectivity index (χ1v) is 15.1. The monoisotopic (exact) mass is 593 g/mol. The zero-order valence-corrected chi connectivity index (χ0v) is 24.8. The zero-order chi connectivity index (χ0) is 30.6. The van der Waals surface area contributed by atoms with Gasteiger partial charge in [0, 0.05) is 31.0 Å². The second kappa shape index (κ2) is 10.6. The van der Waals surface area contributed by atoms with Gasteiger partial charge in [-0.2, -0.15) is 0 Å². The molecule has 44 heavy (non-hydrogen) atoms. The lowest BCUT2D eigenvalue weighted by atomic mass is 9.74. The van der Waals surface area contributed by atoms with E-state index in [0.29, 0.717) is 30.3 Å². The summed E-state index contributed by atoms with van der Waals surface area (Å²) in [6.45, 7) is 4.47. The summed E-state index contributed by atoms with van der Waals surface area (Å²) in [6, 6.07) is 20.0. The number of hydrogen-bond acceptors (Lipinski definition) is 6. The standard InChI is InChI=1S/C35H35N3O6/c1-3-43-27-14-12-25(13-15-27)36-18-6-16-34(2)28(31(36)40)29-32(41)38(20-21-39)30-33(42)37(19-7-17-35(29,30)44-34)26-11-10-23-8-4-5-9-24(23)22-26/h4-17,22,28-30,39H,3,18-21H2,1-2H3/t28-,29-,30?,34+,35-/m0/s1. The SMILES string of the molecule is CCOc1ccc(N2CC=C[C@@]3(C)O[C@]45C=CCN(c6ccc7ccccc7c6)C(=O)C4N(CCO)C(=O)[C@@H]5[C@H]3C2=O)cc1. The quantitative estimate of drug-likeness (QED) is 0.438. The van der Waals surface area contributed by atoms with Crippen LogP contribution >= 0.6 is 0 Å². The number of fused-ring (bicyclic) bond motifs is 3. The number of likely N-dealkylation sites (tertiary alicyclic amines) is 1. The van der Waals surface area contributed by atoms with E-state index < -0.39 is 29.1 Å². The Kier molecular flexibility index (Phi) is 6.82. The predicted octanol–water partition coefficient (Wildman–Crippen LogP) is 3.71. The van der Waals surface area contributed by atoms with Crippen molar-refractivity contribution in [2.24, 2.45) is 11.8 Å². The van der Waals surface area contributed by atoms with E-state index in [0.717, 1.165) is 10.8 Å². The van der Waals surface area contributed by atoms with Crippen LogP contribution in [0.3, 0.4) is 0 Å². The molecule has 0 bridgehead atoms. The van der Waals surface area contributed by atoms with E-state index in [-0.39, 0.29) is 37.4 Å². The Hall–Kier alpha value is -4.47. The molecule has 9 nitrogen and oxygen atoms in total. The van der Waals surface area contributed by atoms with Crippen LogP contribution < -0.4 is 14.5 Å². The summed E-state index contributed by atoms with van der Waals surface area (Å²) < 4.78 is 12.5. The summed E-state index contributed by atoms with van der Waals surface area (Å²) in [5, 5.41) is 12.1. The third-order valence-corrected chi connectivity index (χ3v) is 9.40. The lowest BCUT2D eigenvalue weighted by Gasteiger charge is -2.37. The van der Waals surface area contributed by atoms with Crippen LogP contribution in [0, 0.1) is 11.8 Å². The van der Waals surface area contributed by atoms with Crippen molar-refractivity contribution in [1.82, 2.24) is 4.90 Å². The minimum absolute atomic E-state index is 0.0493. The molecule has 4 aliphatic rings. The predicted molar refractivity (Wildman–Crippen MR) is 166 cm³/mol. The number of benzene rings is 3. The molecule has 0 saturated carbocycles. The number of ether oxygens (including phenoxy) is 2. The molecular weight excluding hydrogens is 558 g/mol. The zero-order valence-electron chi connectivity index (χ0n) is 24.8. The topological polar surface area (TPSA) is 99.6 Å². The molecule has 226 valence electrons. The second-order valence-electron chi connectivity index (χ2n) is 11.9. The molecule has 2 fully saturated rings. The van der Waals surface area contributed by atoms with Gasteiger partial charge in [-0.1, -0.05) is 54.6 Å². The molecule has 7 rings (SSSR count). The maximum absolute atomic E-state index is 14.6. The fourth-order valence-corrected chi connectivity index (χ4v) is 7.57. The Morgan fingerprint density at radius 3 is 2.25 bits per heavy atom. The van der Waals surface area contributed by atoms with Gasteiger partial charge in [-0.25, -0.2) is 0 Å². The smallest absolute Gasteiger partial charge is 0.253 e. The number of nitrogens with zero attached hydrogens (tertiary/aromatic N) is 3. The van der Waals surface area contributed by atoms with Gasteiger partial charge < -0.3 is 29.3 Å². The molecule has 0 radical (unpaired) electrons. The third-order valence-electron chi connectivity index (χ3n) is 9.40. The van der Waals surface area contributed by atoms with Gasteiger partial charge in [-0.05, 0) is 61.0 Å². The van der Waals surface area contributed by atoms with Gasteiger partial charge in [0.2, 0.25) is 11.8 Å². The Bertz CT molecular complexity index is 1700. The van der Waals surface area contributed by atoms with Crippen LogP contribution in [0.1, 0.15) is 13.8 Å². The molecule has 0 aromatic heterocycles. The number of anilines is 2. The molecular formula is C35H35N3O6. The maximum Gasteiger partial charge on any atom is 0.253 e. The van der Waals surface area contributed by atoms with Crippen LogP contribution in [0.25, 0.3) is 10.8 Å². The normalized spacial score (nSPS) is 29.5. The third kappa shape index (κ3) is 4.17. The number of amides is 3. The van der Waals surface area contributed by atoms with Crippen LogP contribution in [0.2, 0.25) is 0 Å². The van der Waals surface area contributed by atoms with E-state index in [9.17, 15) is 19.5 Å². The van der Waals surface area contributed by atoms with Crippen LogP contribution in [-0.4, -0.2) is 77.8 Å². The number of β-amino-alcohol motifs (C(OH)–C–C–N with tert-alkyl or cyclic N) is 1. The number of hydrogen-bond donors (Lipinski definition) is 1. The minimum atomic E-state index is -1.39. The summed E-state index contributed by atoms with van der Waals surface area (Å²) in [7, 11) is 0. The van der Waals surface area contributed by atoms with Crippen molar-refractivity contribution in [3.05, 3.63) is 91.0 Å². The highest BCUT2D eigenvalue weighted by molar-refractivity contribution is 6.08. The van der Waals surface area contributed by atoms with Gasteiger partial charge in [0.05, 0.1) is 30.7 Å². The van der Waals surface area contributed by atoms with E-state index in [1.54, 1.807) is 9.80 Å². The lowest BCUT2D eigenvalue weighted by molar-refractivity contribution is -0.144. The van der Waals surface area contributed by atoms with Crippen LogP contribution in [0.4, 0.5) is 11.4 Å². The maximum atomic E-state index is 14.6. The largest absolute Gasteiger partial charge is 0.494 e. The Morgan fingerprint density at radius 1 is 0.841 bits per heavy atom. The van der Waals surface area contributed by atoms with Crippen LogP contribution in [-0.2, 0) is 19.1 Å². The van der Waals surface area contributed by atoms with Gasteiger partial charge in [-0.15, -0.1) is 0 Å². The van der Waals surface area contributed by atoms with Crippen molar-refractivity contribution in [3.63, 3.8) is 0 Å². The molecule has 3 aromatic rings. The van der Waals surface area contributed by atoms with Gasteiger partial charge in [0.25, 0.3) is 5.91 Å². The number of rotatable bonds is 6. The van der Waals surface area contributed by atoms with E-state index in [4.69, 9.17) is 9.47 Å². The summed E-state index contributed by atoms with van der Waals surface area (Å²) in [5.74, 6) is -2.08. The molecule has 1 N–H and O–H groups in total. The lowest BCUT2D eigenvalue weighted by Crippen LogP contribution is -2.56. The molecule has 0 aliphatic carbocycles. The number of carbonyl (C=O) groups is 3. The van der Waals surface area contributed by atoms with Crippen molar-refractivity contribution in [1.29, 1.82) is 0 Å². The Balaban J connectivity index is 1.29. The molecule has 5 atom stereocenters. The first-order chi connectivity index (χ1) is 21.3. The van der Waals surface area contributed by atoms with Gasteiger partial charge >= 0.3 is 0 Å². The first-order valence-electron chi connectivity index (χ1n) is 15.1. The second-order valence-corrected chi connectivity index (χ2v) is 11.9. The van der Waals surface area contributed by atoms with Crippen molar-refractivity contribution in [2.75, 3.05) is 42.6 Å². The van der Waals surface area contributed by atoms with E-state index >= 15 is 0 Å². The molecule has 3 aromatic carbocycles. The van der Waals surface area contributed by atoms with Crippen LogP contribution in [0.15, 0.2) is 91.0 Å². The van der Waals surface area contributed by atoms with Crippen molar-refractivity contribution in [2.45, 2.75) is 31.1 Å². The van der Waals surface area contributed by atoms with E-state index in [2.05, 4.69) is 0 Å². The highest BCUT2D eigenvalue weighted by Crippen LogP contribution is 2.57. The summed E-state index contributed by atoms with van der Waals surface area (Å²) >= 11 is 0. The first kappa shape index (κ1) is 28.3. The number of aliphatic hydroxyl groups is 1. The average molecular weight is 594 g/mol. The van der Waals surface area contributed by atoms with E-state index in [1.807, 2.05) is 105 Å². The van der Waals surface area contributed by atoms with Crippen molar-refractivity contribution < 1.29 is 29.0 Å². The van der Waals surface area contributed by atoms with Crippen molar-refractivity contribution >= 4 is 39.9 Å².